The Kier molecular flexibility index (Phi) is 5.05. The molecule has 0 spiro atoms. The number of fused-ring (bicyclic) bond motifs is 2. The van der Waals surface area contributed by atoms with E-state index in [0.717, 1.165) is 23.0 Å². The minimum atomic E-state index is -0.207. The van der Waals surface area contributed by atoms with Crippen molar-refractivity contribution in [2.45, 2.75) is 38.8 Å². The number of H-pyrrole nitrogens is 1. The van der Waals surface area contributed by atoms with Gasteiger partial charge in [-0.25, -0.2) is 9.97 Å². The maximum atomic E-state index is 11.5. The first kappa shape index (κ1) is 20.1. The largest absolute Gasteiger partial charge is 0.493 e. The number of aryl methyl sites for hydroxylation is 1. The van der Waals surface area contributed by atoms with Crippen LogP contribution < -0.4 is 19.5 Å². The van der Waals surface area contributed by atoms with Gasteiger partial charge in [0.05, 0.1) is 24.1 Å². The summed E-state index contributed by atoms with van der Waals surface area (Å²) < 4.78 is 17.8. The lowest BCUT2D eigenvalue weighted by molar-refractivity contribution is -0.119. The molecule has 8 nitrogen and oxygen atoms in total. The van der Waals surface area contributed by atoms with E-state index < -0.39 is 0 Å². The number of amides is 1. The van der Waals surface area contributed by atoms with E-state index in [9.17, 15) is 4.79 Å². The summed E-state index contributed by atoms with van der Waals surface area (Å²) in [5.74, 6) is 2.27. The summed E-state index contributed by atoms with van der Waals surface area (Å²) in [6, 6.07) is 11.5. The SMILES string of the molecule is COc1cc2c(Oc3ccc4[nH]c(C)cc4c3)ncnc2cc1OC(C)C1CCC(=O)N1. The minimum absolute atomic E-state index is 0.0285. The molecule has 3 heterocycles. The van der Waals surface area contributed by atoms with E-state index in [1.807, 2.05) is 44.2 Å². The number of hydrogen-bond donors (Lipinski definition) is 2. The van der Waals surface area contributed by atoms with Gasteiger partial charge in [-0.05, 0) is 50.6 Å². The summed E-state index contributed by atoms with van der Waals surface area (Å²) in [6.07, 6.45) is 2.53. The van der Waals surface area contributed by atoms with Crippen LogP contribution in [0.4, 0.5) is 0 Å². The molecule has 0 aliphatic carbocycles. The summed E-state index contributed by atoms with van der Waals surface area (Å²) in [7, 11) is 1.59. The molecule has 2 N–H and O–H groups in total. The van der Waals surface area contributed by atoms with Gasteiger partial charge < -0.3 is 24.5 Å². The second kappa shape index (κ2) is 8.03. The Morgan fingerprint density at radius 3 is 2.78 bits per heavy atom. The Morgan fingerprint density at radius 2 is 2.00 bits per heavy atom. The lowest BCUT2D eigenvalue weighted by Gasteiger charge is -2.22. The summed E-state index contributed by atoms with van der Waals surface area (Å²) in [6.45, 7) is 3.96. The fourth-order valence-corrected chi connectivity index (χ4v) is 4.08. The first-order chi connectivity index (χ1) is 15.5. The molecule has 0 saturated carbocycles. The minimum Gasteiger partial charge on any atom is -0.493 e. The van der Waals surface area contributed by atoms with Crippen molar-refractivity contribution in [3.63, 3.8) is 0 Å². The fraction of sp³-hybridized carbons (Fsp3) is 0.292. The standard InChI is InChI=1S/C24H24N4O4/c1-13-8-15-9-16(4-5-19(15)27-13)32-24-17-10-21(30-3)22(11-20(17)25-12-26-24)31-14(2)18-6-7-23(29)28-18/h4-5,8-12,14,18,27H,6-7H2,1-3H3,(H,28,29). The molecule has 2 atom stereocenters. The van der Waals surface area contributed by atoms with Gasteiger partial charge in [-0.2, -0.15) is 0 Å². The zero-order valence-corrected chi connectivity index (χ0v) is 18.1. The molecule has 8 heteroatoms. The third-order valence-electron chi connectivity index (χ3n) is 5.73. The average Bonchev–Trinajstić information content (AvgIpc) is 3.37. The van der Waals surface area contributed by atoms with E-state index >= 15 is 0 Å². The van der Waals surface area contributed by atoms with Crippen molar-refractivity contribution in [2.75, 3.05) is 7.11 Å². The van der Waals surface area contributed by atoms with Crippen LogP contribution >= 0.6 is 0 Å². The Balaban J connectivity index is 1.46. The summed E-state index contributed by atoms with van der Waals surface area (Å²) in [5.41, 5.74) is 2.82. The average molecular weight is 432 g/mol. The summed E-state index contributed by atoms with van der Waals surface area (Å²) in [4.78, 5) is 23.6. The number of methoxy groups -OCH3 is 1. The molecule has 1 aliphatic rings. The number of rotatable bonds is 6. The number of benzene rings is 2. The van der Waals surface area contributed by atoms with Gasteiger partial charge >= 0.3 is 0 Å². The highest BCUT2D eigenvalue weighted by molar-refractivity contribution is 5.87. The van der Waals surface area contributed by atoms with E-state index in [1.165, 1.54) is 6.33 Å². The van der Waals surface area contributed by atoms with Gasteiger partial charge in [0.1, 0.15) is 18.2 Å². The molecular formula is C24H24N4O4. The van der Waals surface area contributed by atoms with E-state index in [1.54, 1.807) is 7.11 Å². The molecule has 0 radical (unpaired) electrons. The van der Waals surface area contributed by atoms with E-state index in [2.05, 4.69) is 26.3 Å². The van der Waals surface area contributed by atoms with Gasteiger partial charge in [0.2, 0.25) is 11.8 Å². The molecule has 5 rings (SSSR count). The lowest BCUT2D eigenvalue weighted by Crippen LogP contribution is -2.38. The Labute approximate surface area is 184 Å². The molecule has 1 amide bonds. The first-order valence-corrected chi connectivity index (χ1v) is 10.6. The highest BCUT2D eigenvalue weighted by Crippen LogP contribution is 2.37. The van der Waals surface area contributed by atoms with Crippen LogP contribution in [0.5, 0.6) is 23.1 Å². The zero-order valence-electron chi connectivity index (χ0n) is 18.1. The molecule has 1 fully saturated rings. The number of aromatic amines is 1. The van der Waals surface area contributed by atoms with Crippen LogP contribution in [0.3, 0.4) is 0 Å². The van der Waals surface area contributed by atoms with Crippen molar-refractivity contribution < 1.29 is 19.0 Å². The predicted octanol–water partition coefficient (Wildman–Crippen LogP) is 4.27. The van der Waals surface area contributed by atoms with Gasteiger partial charge in [0.15, 0.2) is 11.5 Å². The second-order valence-corrected chi connectivity index (χ2v) is 8.04. The molecule has 32 heavy (non-hydrogen) atoms. The smallest absolute Gasteiger partial charge is 0.230 e. The van der Waals surface area contributed by atoms with Crippen LogP contribution in [0.2, 0.25) is 0 Å². The molecule has 0 bridgehead atoms. The molecule has 1 aliphatic heterocycles. The highest BCUT2D eigenvalue weighted by atomic mass is 16.5. The van der Waals surface area contributed by atoms with Gasteiger partial charge in [-0.1, -0.05) is 0 Å². The normalized spacial score (nSPS) is 16.8. The van der Waals surface area contributed by atoms with E-state index in [4.69, 9.17) is 14.2 Å². The van der Waals surface area contributed by atoms with Crippen LogP contribution in [-0.2, 0) is 4.79 Å². The number of nitrogens with zero attached hydrogens (tertiary/aromatic N) is 2. The van der Waals surface area contributed by atoms with Gasteiger partial charge in [0.25, 0.3) is 0 Å². The Bertz CT molecular complexity index is 1320. The number of nitrogens with one attached hydrogen (secondary N) is 2. The monoisotopic (exact) mass is 432 g/mol. The van der Waals surface area contributed by atoms with Crippen LogP contribution in [0.15, 0.2) is 42.7 Å². The lowest BCUT2D eigenvalue weighted by atomic mass is 10.1. The Hall–Kier alpha value is -3.81. The van der Waals surface area contributed by atoms with Gasteiger partial charge in [-0.3, -0.25) is 4.79 Å². The van der Waals surface area contributed by atoms with Crippen molar-refractivity contribution in [2.24, 2.45) is 0 Å². The van der Waals surface area contributed by atoms with E-state index in [0.29, 0.717) is 40.5 Å². The highest BCUT2D eigenvalue weighted by Gasteiger charge is 2.28. The number of ether oxygens (including phenoxy) is 3. The topological polar surface area (TPSA) is 98.4 Å². The summed E-state index contributed by atoms with van der Waals surface area (Å²) >= 11 is 0. The van der Waals surface area contributed by atoms with Crippen LogP contribution in [0.25, 0.3) is 21.8 Å². The quantitative estimate of drug-likeness (QED) is 0.472. The molecule has 2 unspecified atom stereocenters. The van der Waals surface area contributed by atoms with Gasteiger partial charge in [0, 0.05) is 29.1 Å². The van der Waals surface area contributed by atoms with Crippen LogP contribution in [0, 0.1) is 6.92 Å². The second-order valence-electron chi connectivity index (χ2n) is 8.04. The van der Waals surface area contributed by atoms with Crippen molar-refractivity contribution in [3.05, 3.63) is 48.4 Å². The number of carbonyl (C=O) groups is 1. The fourth-order valence-electron chi connectivity index (χ4n) is 4.08. The molecule has 4 aromatic rings. The van der Waals surface area contributed by atoms with E-state index in [-0.39, 0.29) is 18.1 Å². The van der Waals surface area contributed by atoms with Crippen molar-refractivity contribution >= 4 is 27.7 Å². The van der Waals surface area contributed by atoms with Crippen molar-refractivity contribution in [1.82, 2.24) is 20.3 Å². The van der Waals surface area contributed by atoms with Gasteiger partial charge in [-0.15, -0.1) is 0 Å². The van der Waals surface area contributed by atoms with Crippen molar-refractivity contribution in [1.29, 1.82) is 0 Å². The molecule has 2 aromatic heterocycles. The molecule has 1 saturated heterocycles. The molecule has 164 valence electrons. The number of aromatic nitrogens is 3. The van der Waals surface area contributed by atoms with Crippen LogP contribution in [0.1, 0.15) is 25.5 Å². The third kappa shape index (κ3) is 3.79. The molecular weight excluding hydrogens is 408 g/mol. The third-order valence-corrected chi connectivity index (χ3v) is 5.73. The zero-order chi connectivity index (χ0) is 22.2. The molecule has 2 aromatic carbocycles. The maximum absolute atomic E-state index is 11.5. The van der Waals surface area contributed by atoms with Crippen molar-refractivity contribution in [3.8, 4) is 23.1 Å². The number of carbonyl (C=O) groups excluding carboxylic acids is 1. The summed E-state index contributed by atoms with van der Waals surface area (Å²) in [5, 5.41) is 4.73. The Morgan fingerprint density at radius 1 is 1.12 bits per heavy atom. The predicted molar refractivity (Wildman–Crippen MR) is 120 cm³/mol. The maximum Gasteiger partial charge on any atom is 0.230 e. The first-order valence-electron chi connectivity index (χ1n) is 10.6. The number of hydrogen-bond acceptors (Lipinski definition) is 6. The van der Waals surface area contributed by atoms with Crippen LogP contribution in [-0.4, -0.2) is 40.1 Å².